The molecule has 3 aromatic carbocycles. The van der Waals surface area contributed by atoms with E-state index in [1.165, 1.54) is 37.3 Å². The third-order valence-electron chi connectivity index (χ3n) is 6.70. The van der Waals surface area contributed by atoms with Crippen molar-refractivity contribution in [3.63, 3.8) is 0 Å². The number of carbonyl (C=O) groups is 2. The van der Waals surface area contributed by atoms with Gasteiger partial charge in [0.05, 0.1) is 24.8 Å². The largest absolute Gasteiger partial charge is 0.493 e. The fourth-order valence-electron chi connectivity index (χ4n) is 4.57. The van der Waals surface area contributed by atoms with Crippen LogP contribution >= 0.6 is 23.2 Å². The van der Waals surface area contributed by atoms with Crippen LogP contribution in [0.3, 0.4) is 0 Å². The molecule has 9 nitrogen and oxygen atoms in total. The summed E-state index contributed by atoms with van der Waals surface area (Å²) in [5.74, 6) is -0.481. The smallest absolute Gasteiger partial charge is 0.264 e. The van der Waals surface area contributed by atoms with Crippen molar-refractivity contribution in [2.75, 3.05) is 25.1 Å². The van der Waals surface area contributed by atoms with E-state index in [1.807, 2.05) is 19.9 Å². The number of aryl methyl sites for hydroxylation is 2. The summed E-state index contributed by atoms with van der Waals surface area (Å²) in [6, 6.07) is 13.2. The number of nitrogens with zero attached hydrogens (tertiary/aromatic N) is 2. The predicted octanol–water partition coefficient (Wildman–Crippen LogP) is 5.76. The first-order chi connectivity index (χ1) is 20.2. The zero-order valence-electron chi connectivity index (χ0n) is 25.3. The van der Waals surface area contributed by atoms with Gasteiger partial charge in [0.15, 0.2) is 11.5 Å². The number of amides is 2. The lowest BCUT2D eigenvalue weighted by Gasteiger charge is -2.33. The van der Waals surface area contributed by atoms with Crippen LogP contribution in [0.15, 0.2) is 59.5 Å². The highest BCUT2D eigenvalue weighted by Gasteiger charge is 2.34. The Labute approximate surface area is 263 Å². The van der Waals surface area contributed by atoms with Crippen LogP contribution in [0.1, 0.15) is 37.5 Å². The summed E-state index contributed by atoms with van der Waals surface area (Å²) in [7, 11) is -1.48. The van der Waals surface area contributed by atoms with E-state index >= 15 is 0 Å². The second-order valence-corrected chi connectivity index (χ2v) is 13.1. The van der Waals surface area contributed by atoms with Gasteiger partial charge in [0.25, 0.3) is 10.0 Å². The van der Waals surface area contributed by atoms with E-state index in [-0.39, 0.29) is 28.9 Å². The number of ether oxygens (including phenoxy) is 2. The number of hydrogen-bond acceptors (Lipinski definition) is 6. The lowest BCUT2D eigenvalue weighted by molar-refractivity contribution is -0.139. The Hall–Kier alpha value is -3.47. The molecule has 232 valence electrons. The normalized spacial score (nSPS) is 12.0. The predicted molar refractivity (Wildman–Crippen MR) is 170 cm³/mol. The van der Waals surface area contributed by atoms with Gasteiger partial charge in [-0.25, -0.2) is 8.42 Å². The molecule has 12 heteroatoms. The van der Waals surface area contributed by atoms with Crippen molar-refractivity contribution in [2.45, 2.75) is 58.1 Å². The van der Waals surface area contributed by atoms with E-state index in [4.69, 9.17) is 32.7 Å². The number of carbonyl (C=O) groups excluding carboxylic acids is 2. The number of hydrogen-bond donors (Lipinski definition) is 1. The van der Waals surface area contributed by atoms with E-state index < -0.39 is 34.4 Å². The number of anilines is 1. The van der Waals surface area contributed by atoms with Crippen molar-refractivity contribution in [1.82, 2.24) is 10.2 Å². The number of nitrogens with one attached hydrogen (secondary N) is 1. The van der Waals surface area contributed by atoms with E-state index in [9.17, 15) is 18.0 Å². The Kier molecular flexibility index (Phi) is 11.3. The summed E-state index contributed by atoms with van der Waals surface area (Å²) in [5.41, 5.74) is 2.33. The van der Waals surface area contributed by atoms with Gasteiger partial charge < -0.3 is 19.7 Å². The Morgan fingerprint density at radius 1 is 0.884 bits per heavy atom. The highest BCUT2D eigenvalue weighted by Crippen LogP contribution is 2.33. The second kappa shape index (κ2) is 14.3. The summed E-state index contributed by atoms with van der Waals surface area (Å²) >= 11 is 12.9. The number of sulfonamides is 1. The molecule has 3 rings (SSSR count). The minimum absolute atomic E-state index is 0.108. The van der Waals surface area contributed by atoms with Crippen LogP contribution in [-0.4, -0.2) is 58.0 Å². The molecule has 0 aromatic heterocycles. The average Bonchev–Trinajstić information content (AvgIpc) is 2.93. The molecule has 0 saturated heterocycles. The molecule has 1 N–H and O–H groups in total. The Balaban J connectivity index is 2.15. The molecular weight excluding hydrogens is 613 g/mol. The Bertz CT molecular complexity index is 1560. The molecule has 43 heavy (non-hydrogen) atoms. The van der Waals surface area contributed by atoms with E-state index in [2.05, 4.69) is 5.32 Å². The SMILES string of the molecule is COc1ccc(S(=O)(=O)N(CC(=O)N(Cc2c(Cl)cccc2Cl)C(C)C(=O)NC(C)C)c2cc(C)cc(C)c2)cc1OC. The number of benzene rings is 3. The molecule has 0 aliphatic carbocycles. The quantitative estimate of drug-likeness (QED) is 0.267. The highest BCUT2D eigenvalue weighted by atomic mass is 35.5. The molecule has 0 heterocycles. The molecule has 1 unspecified atom stereocenters. The number of halogens is 2. The van der Waals surface area contributed by atoms with E-state index in [1.54, 1.807) is 51.1 Å². The van der Waals surface area contributed by atoms with Gasteiger partial charge in [-0.3, -0.25) is 13.9 Å². The summed E-state index contributed by atoms with van der Waals surface area (Å²) in [6.45, 7) is 8.12. The number of methoxy groups -OCH3 is 2. The van der Waals surface area contributed by atoms with E-state index in [0.717, 1.165) is 15.4 Å². The molecule has 2 amide bonds. The fraction of sp³-hybridized carbons (Fsp3) is 0.355. The van der Waals surface area contributed by atoms with Gasteiger partial charge in [-0.15, -0.1) is 0 Å². The van der Waals surface area contributed by atoms with Crippen molar-refractivity contribution >= 4 is 50.7 Å². The lowest BCUT2D eigenvalue weighted by Crippen LogP contribution is -2.52. The maximum atomic E-state index is 14.2. The summed E-state index contributed by atoms with van der Waals surface area (Å²) in [5, 5.41) is 3.44. The molecule has 0 bridgehead atoms. The molecular formula is C31H37Cl2N3O6S. The van der Waals surface area contributed by atoms with Gasteiger partial charge >= 0.3 is 0 Å². The van der Waals surface area contributed by atoms with Crippen molar-refractivity contribution < 1.29 is 27.5 Å². The average molecular weight is 651 g/mol. The van der Waals surface area contributed by atoms with Gasteiger partial charge in [-0.05, 0) is 82.1 Å². The first-order valence-corrected chi connectivity index (χ1v) is 15.7. The van der Waals surface area contributed by atoms with Gasteiger partial charge in [-0.2, -0.15) is 0 Å². The summed E-state index contributed by atoms with van der Waals surface area (Å²) in [4.78, 5) is 28.5. The molecule has 0 aliphatic rings. The van der Waals surface area contributed by atoms with Gasteiger partial charge in [0, 0.05) is 34.3 Å². The van der Waals surface area contributed by atoms with Gasteiger partial charge in [0.1, 0.15) is 12.6 Å². The molecule has 0 saturated carbocycles. The van der Waals surface area contributed by atoms with Crippen LogP contribution in [0, 0.1) is 13.8 Å². The minimum Gasteiger partial charge on any atom is -0.493 e. The topological polar surface area (TPSA) is 105 Å². The van der Waals surface area contributed by atoms with Crippen molar-refractivity contribution in [2.24, 2.45) is 0 Å². The van der Waals surface area contributed by atoms with Gasteiger partial charge in [0.2, 0.25) is 11.8 Å². The minimum atomic E-state index is -4.33. The monoisotopic (exact) mass is 649 g/mol. The Morgan fingerprint density at radius 2 is 1.47 bits per heavy atom. The first-order valence-electron chi connectivity index (χ1n) is 13.5. The zero-order valence-corrected chi connectivity index (χ0v) is 27.6. The van der Waals surface area contributed by atoms with Crippen LogP contribution in [0.25, 0.3) is 0 Å². The van der Waals surface area contributed by atoms with Crippen LogP contribution in [0.4, 0.5) is 5.69 Å². The lowest BCUT2D eigenvalue weighted by atomic mass is 10.1. The zero-order chi connectivity index (χ0) is 32.1. The molecule has 0 spiro atoms. The Morgan fingerprint density at radius 3 is 2.00 bits per heavy atom. The van der Waals surface area contributed by atoms with Crippen molar-refractivity contribution in [1.29, 1.82) is 0 Å². The maximum Gasteiger partial charge on any atom is 0.264 e. The van der Waals surface area contributed by atoms with Crippen LogP contribution in [0.2, 0.25) is 10.0 Å². The maximum absolute atomic E-state index is 14.2. The molecule has 0 fully saturated rings. The highest BCUT2D eigenvalue weighted by molar-refractivity contribution is 7.92. The molecule has 1 atom stereocenters. The van der Waals surface area contributed by atoms with Crippen molar-refractivity contribution in [3.05, 3.63) is 81.3 Å². The standard InChI is InChI=1S/C31H37Cl2N3O6S/c1-19(2)34-31(38)22(5)35(17-25-26(32)9-8-10-27(25)33)30(37)18-36(23-14-20(3)13-21(4)15-23)43(39,40)24-11-12-28(41-6)29(16-24)42-7/h8-16,19,22H,17-18H2,1-7H3,(H,34,38). The first kappa shape index (κ1) is 34.0. The molecule has 3 aromatic rings. The van der Waals surface area contributed by atoms with Crippen LogP contribution in [0.5, 0.6) is 11.5 Å². The summed E-state index contributed by atoms with van der Waals surface area (Å²) in [6.07, 6.45) is 0. The second-order valence-electron chi connectivity index (χ2n) is 10.4. The fourth-order valence-corrected chi connectivity index (χ4v) is 6.50. The van der Waals surface area contributed by atoms with E-state index in [0.29, 0.717) is 21.4 Å². The number of rotatable bonds is 12. The molecule has 0 radical (unpaired) electrons. The summed E-state index contributed by atoms with van der Waals surface area (Å²) < 4.78 is 40.1. The van der Waals surface area contributed by atoms with Gasteiger partial charge in [-0.1, -0.05) is 35.3 Å². The molecule has 0 aliphatic heterocycles. The van der Waals surface area contributed by atoms with Crippen LogP contribution < -0.4 is 19.1 Å². The van der Waals surface area contributed by atoms with Crippen LogP contribution in [-0.2, 0) is 26.2 Å². The van der Waals surface area contributed by atoms with Crippen molar-refractivity contribution in [3.8, 4) is 11.5 Å². The third-order valence-corrected chi connectivity index (χ3v) is 9.18. The third kappa shape index (κ3) is 8.13.